The number of rotatable bonds is 4. The third-order valence-corrected chi connectivity index (χ3v) is 3.40. The van der Waals surface area contributed by atoms with Gasteiger partial charge in [0.2, 0.25) is 0 Å². The van der Waals surface area contributed by atoms with Gasteiger partial charge >= 0.3 is 0 Å². The van der Waals surface area contributed by atoms with Crippen molar-refractivity contribution in [3.8, 4) is 5.75 Å². The van der Waals surface area contributed by atoms with Crippen molar-refractivity contribution in [1.29, 1.82) is 0 Å². The number of nitrogens with zero attached hydrogens (tertiary/aromatic N) is 1. The van der Waals surface area contributed by atoms with E-state index in [1.54, 1.807) is 36.6 Å². The third-order valence-electron chi connectivity index (χ3n) is 3.11. The Morgan fingerprint density at radius 1 is 1.32 bits per heavy atom. The van der Waals surface area contributed by atoms with Crippen LogP contribution >= 0.6 is 12.2 Å². The number of amides is 1. The molecule has 22 heavy (non-hydrogen) atoms. The lowest BCUT2D eigenvalue weighted by atomic mass is 10.2. The second-order valence-corrected chi connectivity index (χ2v) is 4.96. The highest BCUT2D eigenvalue weighted by molar-refractivity contribution is 7.80. The summed E-state index contributed by atoms with van der Waals surface area (Å²) >= 11 is 5.25. The van der Waals surface area contributed by atoms with Gasteiger partial charge in [0, 0.05) is 6.08 Å². The molecule has 112 valence electrons. The van der Waals surface area contributed by atoms with Crippen LogP contribution in [0, 0.1) is 0 Å². The van der Waals surface area contributed by atoms with E-state index in [1.807, 2.05) is 19.1 Å². The van der Waals surface area contributed by atoms with Crippen LogP contribution in [0.3, 0.4) is 0 Å². The first-order valence-electron chi connectivity index (χ1n) is 6.82. The minimum Gasteiger partial charge on any atom is -0.494 e. The van der Waals surface area contributed by atoms with Gasteiger partial charge in [-0.15, -0.1) is 0 Å². The number of ether oxygens (including phenoxy) is 1. The lowest BCUT2D eigenvalue weighted by Gasteiger charge is -2.14. The fourth-order valence-electron chi connectivity index (χ4n) is 2.14. The molecule has 2 aromatic rings. The molecule has 2 heterocycles. The van der Waals surface area contributed by atoms with Crippen molar-refractivity contribution >= 4 is 35.0 Å². The van der Waals surface area contributed by atoms with Crippen LogP contribution in [0.1, 0.15) is 12.7 Å². The first kappa shape index (κ1) is 14.3. The van der Waals surface area contributed by atoms with Crippen LogP contribution in [0.5, 0.6) is 5.75 Å². The molecule has 6 heteroatoms. The number of nitrogens with one attached hydrogen (secondary N) is 1. The van der Waals surface area contributed by atoms with E-state index in [-0.39, 0.29) is 5.91 Å². The van der Waals surface area contributed by atoms with Gasteiger partial charge in [-0.25, -0.2) is 0 Å². The summed E-state index contributed by atoms with van der Waals surface area (Å²) in [6.07, 6.45) is 3.18. The Kier molecular flexibility index (Phi) is 3.93. The van der Waals surface area contributed by atoms with Gasteiger partial charge in [0.25, 0.3) is 5.91 Å². The van der Waals surface area contributed by atoms with Crippen LogP contribution in [0.4, 0.5) is 5.69 Å². The SMILES string of the molecule is CCOc1ccc(N2C(=O)/C(=C\c3ccco3)NC2=S)cc1. The van der Waals surface area contributed by atoms with Crippen molar-refractivity contribution in [3.63, 3.8) is 0 Å². The number of furan rings is 1. The van der Waals surface area contributed by atoms with E-state index in [0.717, 1.165) is 5.75 Å². The number of anilines is 1. The standard InChI is InChI=1S/C16H14N2O3S/c1-2-20-12-7-5-11(6-8-12)18-15(19)14(17-16(18)22)10-13-4-3-9-21-13/h3-10H,2H2,1H3,(H,17,22)/b14-10+. The molecule has 0 spiro atoms. The summed E-state index contributed by atoms with van der Waals surface area (Å²) in [6.45, 7) is 2.51. The lowest BCUT2D eigenvalue weighted by Crippen LogP contribution is -2.30. The molecule has 0 unspecified atom stereocenters. The van der Waals surface area contributed by atoms with Gasteiger partial charge in [0.05, 0.1) is 18.6 Å². The molecule has 1 aliphatic rings. The fraction of sp³-hybridized carbons (Fsp3) is 0.125. The molecule has 1 amide bonds. The van der Waals surface area contributed by atoms with E-state index in [0.29, 0.717) is 28.9 Å². The van der Waals surface area contributed by atoms with E-state index >= 15 is 0 Å². The molecule has 1 fully saturated rings. The number of benzene rings is 1. The van der Waals surface area contributed by atoms with Crippen molar-refractivity contribution in [2.45, 2.75) is 6.92 Å². The topological polar surface area (TPSA) is 54.7 Å². The predicted octanol–water partition coefficient (Wildman–Crippen LogP) is 2.94. The van der Waals surface area contributed by atoms with Gasteiger partial charge in [0.15, 0.2) is 5.11 Å². The van der Waals surface area contributed by atoms with Crippen molar-refractivity contribution < 1.29 is 13.9 Å². The van der Waals surface area contributed by atoms with E-state index < -0.39 is 0 Å². The maximum Gasteiger partial charge on any atom is 0.281 e. The summed E-state index contributed by atoms with van der Waals surface area (Å²) in [4.78, 5) is 13.9. The number of hydrogen-bond donors (Lipinski definition) is 1. The predicted molar refractivity (Wildman–Crippen MR) is 87.5 cm³/mol. The van der Waals surface area contributed by atoms with Crippen LogP contribution in [0.2, 0.25) is 0 Å². The maximum absolute atomic E-state index is 12.5. The number of carbonyl (C=O) groups is 1. The smallest absolute Gasteiger partial charge is 0.281 e. The zero-order valence-electron chi connectivity index (χ0n) is 11.9. The average Bonchev–Trinajstić information content (AvgIpc) is 3.10. The van der Waals surface area contributed by atoms with Gasteiger partial charge in [-0.3, -0.25) is 9.69 Å². The molecule has 3 rings (SSSR count). The highest BCUT2D eigenvalue weighted by atomic mass is 32.1. The molecular weight excluding hydrogens is 300 g/mol. The second kappa shape index (κ2) is 6.03. The zero-order chi connectivity index (χ0) is 15.5. The fourth-order valence-corrected chi connectivity index (χ4v) is 2.44. The molecule has 0 bridgehead atoms. The van der Waals surface area contributed by atoms with E-state index in [4.69, 9.17) is 21.4 Å². The molecule has 1 aromatic heterocycles. The lowest BCUT2D eigenvalue weighted by molar-refractivity contribution is -0.113. The molecule has 0 aliphatic carbocycles. The normalized spacial score (nSPS) is 16.2. The van der Waals surface area contributed by atoms with Crippen molar-refractivity contribution in [3.05, 3.63) is 54.1 Å². The minimum absolute atomic E-state index is 0.217. The molecule has 1 aromatic carbocycles. The number of carbonyl (C=O) groups excluding carboxylic acids is 1. The summed E-state index contributed by atoms with van der Waals surface area (Å²) in [6, 6.07) is 10.7. The zero-order valence-corrected chi connectivity index (χ0v) is 12.7. The Morgan fingerprint density at radius 2 is 2.09 bits per heavy atom. The third kappa shape index (κ3) is 2.73. The van der Waals surface area contributed by atoms with Crippen LogP contribution < -0.4 is 15.0 Å². The molecular formula is C16H14N2O3S. The van der Waals surface area contributed by atoms with E-state index in [1.165, 1.54) is 4.90 Å². The Morgan fingerprint density at radius 3 is 2.73 bits per heavy atom. The first-order chi connectivity index (χ1) is 10.7. The summed E-state index contributed by atoms with van der Waals surface area (Å²) in [5.41, 5.74) is 1.07. The Labute approximate surface area is 133 Å². The highest BCUT2D eigenvalue weighted by Crippen LogP contribution is 2.24. The molecule has 1 aliphatic heterocycles. The van der Waals surface area contributed by atoms with Gasteiger partial charge in [-0.05, 0) is 55.5 Å². The summed E-state index contributed by atoms with van der Waals surface area (Å²) < 4.78 is 10.6. The van der Waals surface area contributed by atoms with Crippen molar-refractivity contribution in [2.24, 2.45) is 0 Å². The average molecular weight is 314 g/mol. The Balaban J connectivity index is 1.85. The van der Waals surface area contributed by atoms with Gasteiger partial charge in [0.1, 0.15) is 17.2 Å². The highest BCUT2D eigenvalue weighted by Gasteiger charge is 2.32. The van der Waals surface area contributed by atoms with E-state index in [2.05, 4.69) is 5.32 Å². The number of hydrogen-bond acceptors (Lipinski definition) is 4. The maximum atomic E-state index is 12.5. The summed E-state index contributed by atoms with van der Waals surface area (Å²) in [5, 5.41) is 3.25. The summed E-state index contributed by atoms with van der Waals surface area (Å²) in [5.74, 6) is 1.13. The summed E-state index contributed by atoms with van der Waals surface area (Å²) in [7, 11) is 0. The molecule has 0 atom stereocenters. The number of thiocarbonyl (C=S) groups is 1. The first-order valence-corrected chi connectivity index (χ1v) is 7.23. The monoisotopic (exact) mass is 314 g/mol. The molecule has 0 radical (unpaired) electrons. The van der Waals surface area contributed by atoms with Gasteiger partial charge in [-0.1, -0.05) is 0 Å². The van der Waals surface area contributed by atoms with Crippen LogP contribution in [-0.4, -0.2) is 17.6 Å². The molecule has 1 N–H and O–H groups in total. The molecule has 1 saturated heterocycles. The van der Waals surface area contributed by atoms with Crippen LogP contribution in [-0.2, 0) is 4.79 Å². The van der Waals surface area contributed by atoms with Crippen molar-refractivity contribution in [2.75, 3.05) is 11.5 Å². The van der Waals surface area contributed by atoms with Gasteiger partial charge < -0.3 is 14.5 Å². The Bertz CT molecular complexity index is 720. The largest absolute Gasteiger partial charge is 0.494 e. The second-order valence-electron chi connectivity index (χ2n) is 4.57. The molecule has 5 nitrogen and oxygen atoms in total. The van der Waals surface area contributed by atoms with Crippen molar-refractivity contribution in [1.82, 2.24) is 5.32 Å². The van der Waals surface area contributed by atoms with Gasteiger partial charge in [-0.2, -0.15) is 0 Å². The quantitative estimate of drug-likeness (QED) is 0.694. The van der Waals surface area contributed by atoms with Crippen LogP contribution in [0.15, 0.2) is 52.8 Å². The van der Waals surface area contributed by atoms with Crippen LogP contribution in [0.25, 0.3) is 6.08 Å². The minimum atomic E-state index is -0.217. The Hall–Kier alpha value is -2.60. The van der Waals surface area contributed by atoms with E-state index in [9.17, 15) is 4.79 Å². The molecule has 0 saturated carbocycles.